The molecule has 2 rings (SSSR count). The summed E-state index contributed by atoms with van der Waals surface area (Å²) >= 11 is 0. The Balaban J connectivity index is 2.17. The Labute approximate surface area is 116 Å². The molecule has 1 aliphatic rings. The number of hydrogen-bond acceptors (Lipinski definition) is 5. The van der Waals surface area contributed by atoms with Crippen molar-refractivity contribution in [3.63, 3.8) is 0 Å². The first kappa shape index (κ1) is 14.3. The molecule has 1 heterocycles. The topological polar surface area (TPSA) is 110 Å². The maximum Gasteiger partial charge on any atom is 0.310 e. The SMILES string of the molecule is NCC1CCCN(C(=O)c2ccc([N+](=O)[O-])c(O)c2)C1. The van der Waals surface area contributed by atoms with E-state index in [9.17, 15) is 20.0 Å². The highest BCUT2D eigenvalue weighted by Gasteiger charge is 2.25. The second kappa shape index (κ2) is 5.87. The third kappa shape index (κ3) is 2.88. The Morgan fingerprint density at radius 3 is 2.90 bits per heavy atom. The maximum atomic E-state index is 12.3. The number of nitrogens with two attached hydrogens (primary N) is 1. The van der Waals surface area contributed by atoms with Crippen LogP contribution in [0.2, 0.25) is 0 Å². The molecule has 3 N–H and O–H groups in total. The Kier molecular flexibility index (Phi) is 4.19. The Bertz CT molecular complexity index is 532. The van der Waals surface area contributed by atoms with Gasteiger partial charge in [0.1, 0.15) is 0 Å². The summed E-state index contributed by atoms with van der Waals surface area (Å²) in [6.07, 6.45) is 1.90. The highest BCUT2D eigenvalue weighted by atomic mass is 16.6. The normalized spacial score (nSPS) is 18.9. The molecule has 0 aliphatic carbocycles. The van der Waals surface area contributed by atoms with Gasteiger partial charge in [0.05, 0.1) is 4.92 Å². The number of nitro benzene ring substituents is 1. The molecule has 0 aromatic heterocycles. The summed E-state index contributed by atoms with van der Waals surface area (Å²) in [6, 6.07) is 3.66. The minimum Gasteiger partial charge on any atom is -0.502 e. The van der Waals surface area contributed by atoms with Gasteiger partial charge in [-0.3, -0.25) is 14.9 Å². The van der Waals surface area contributed by atoms with Crippen molar-refractivity contribution < 1.29 is 14.8 Å². The second-order valence-electron chi connectivity index (χ2n) is 4.96. The standard InChI is InChI=1S/C13H17N3O4/c14-7-9-2-1-5-15(8-9)13(18)10-3-4-11(16(19)20)12(17)6-10/h3-4,6,9,17H,1-2,5,7-8,14H2. The van der Waals surface area contributed by atoms with E-state index < -0.39 is 16.4 Å². The van der Waals surface area contributed by atoms with Gasteiger partial charge in [0.15, 0.2) is 5.75 Å². The van der Waals surface area contributed by atoms with Crippen molar-refractivity contribution in [1.29, 1.82) is 0 Å². The van der Waals surface area contributed by atoms with Gasteiger partial charge in [-0.1, -0.05) is 0 Å². The molecule has 20 heavy (non-hydrogen) atoms. The summed E-state index contributed by atoms with van der Waals surface area (Å²) in [5, 5.41) is 20.2. The predicted octanol–water partition coefficient (Wildman–Crippen LogP) is 1.11. The first-order valence-corrected chi connectivity index (χ1v) is 6.49. The van der Waals surface area contributed by atoms with E-state index in [1.54, 1.807) is 4.90 Å². The van der Waals surface area contributed by atoms with E-state index in [0.717, 1.165) is 25.0 Å². The predicted molar refractivity (Wildman–Crippen MR) is 72.4 cm³/mol. The molecule has 1 unspecified atom stereocenters. The zero-order chi connectivity index (χ0) is 14.7. The molecule has 1 aromatic carbocycles. The highest BCUT2D eigenvalue weighted by molar-refractivity contribution is 5.95. The van der Waals surface area contributed by atoms with Crippen LogP contribution in [0.15, 0.2) is 18.2 Å². The Hall–Kier alpha value is -2.15. The number of amides is 1. The van der Waals surface area contributed by atoms with E-state index in [4.69, 9.17) is 5.73 Å². The second-order valence-corrected chi connectivity index (χ2v) is 4.96. The summed E-state index contributed by atoms with van der Waals surface area (Å²) in [5.41, 5.74) is 5.48. The Morgan fingerprint density at radius 2 is 2.30 bits per heavy atom. The lowest BCUT2D eigenvalue weighted by molar-refractivity contribution is -0.385. The van der Waals surface area contributed by atoms with E-state index in [0.29, 0.717) is 25.6 Å². The van der Waals surface area contributed by atoms with Gasteiger partial charge in [-0.15, -0.1) is 0 Å². The number of nitro groups is 1. The first-order valence-electron chi connectivity index (χ1n) is 6.49. The van der Waals surface area contributed by atoms with Crippen molar-refractivity contribution in [2.24, 2.45) is 11.7 Å². The van der Waals surface area contributed by atoms with Crippen LogP contribution >= 0.6 is 0 Å². The molecule has 1 saturated heterocycles. The van der Waals surface area contributed by atoms with Gasteiger partial charge in [-0.05, 0) is 37.4 Å². The van der Waals surface area contributed by atoms with Gasteiger partial charge in [-0.25, -0.2) is 0 Å². The lowest BCUT2D eigenvalue weighted by atomic mass is 9.97. The molecule has 7 nitrogen and oxygen atoms in total. The summed E-state index contributed by atoms with van der Waals surface area (Å²) in [7, 11) is 0. The van der Waals surface area contributed by atoms with Gasteiger partial charge < -0.3 is 15.7 Å². The summed E-state index contributed by atoms with van der Waals surface area (Å²) in [5.74, 6) is -0.430. The smallest absolute Gasteiger partial charge is 0.310 e. The van der Waals surface area contributed by atoms with Crippen molar-refractivity contribution in [2.45, 2.75) is 12.8 Å². The summed E-state index contributed by atoms with van der Waals surface area (Å²) in [6.45, 7) is 1.77. The van der Waals surface area contributed by atoms with Crippen molar-refractivity contribution in [1.82, 2.24) is 4.90 Å². The molecule has 0 spiro atoms. The third-order valence-electron chi connectivity index (χ3n) is 3.56. The number of rotatable bonds is 3. The summed E-state index contributed by atoms with van der Waals surface area (Å²) < 4.78 is 0. The number of aromatic hydroxyl groups is 1. The number of carbonyl (C=O) groups is 1. The molecule has 1 aliphatic heterocycles. The van der Waals surface area contributed by atoms with Crippen LogP contribution in [0.4, 0.5) is 5.69 Å². The third-order valence-corrected chi connectivity index (χ3v) is 3.56. The van der Waals surface area contributed by atoms with Crippen LogP contribution in [-0.4, -0.2) is 40.5 Å². The first-order chi connectivity index (χ1) is 9.52. The minimum absolute atomic E-state index is 0.228. The number of likely N-dealkylation sites (tertiary alicyclic amines) is 1. The maximum absolute atomic E-state index is 12.3. The zero-order valence-corrected chi connectivity index (χ0v) is 11.0. The van der Waals surface area contributed by atoms with E-state index in [1.807, 2.05) is 0 Å². The van der Waals surface area contributed by atoms with E-state index in [-0.39, 0.29) is 11.5 Å². The summed E-state index contributed by atoms with van der Waals surface area (Å²) in [4.78, 5) is 23.9. The van der Waals surface area contributed by atoms with Crippen LogP contribution in [0, 0.1) is 16.0 Å². The quantitative estimate of drug-likeness (QED) is 0.636. The number of phenolic OH excluding ortho intramolecular Hbond substituents is 1. The fraction of sp³-hybridized carbons (Fsp3) is 0.462. The van der Waals surface area contributed by atoms with E-state index >= 15 is 0 Å². The lowest BCUT2D eigenvalue weighted by Crippen LogP contribution is -2.42. The van der Waals surface area contributed by atoms with Crippen LogP contribution < -0.4 is 5.73 Å². The van der Waals surface area contributed by atoms with Crippen molar-refractivity contribution in [2.75, 3.05) is 19.6 Å². The fourth-order valence-corrected chi connectivity index (χ4v) is 2.44. The number of nitrogens with zero attached hydrogens (tertiary/aromatic N) is 2. The van der Waals surface area contributed by atoms with Crippen LogP contribution in [0.3, 0.4) is 0 Å². The number of hydrogen-bond donors (Lipinski definition) is 2. The lowest BCUT2D eigenvalue weighted by Gasteiger charge is -2.32. The fourth-order valence-electron chi connectivity index (χ4n) is 2.44. The van der Waals surface area contributed by atoms with Crippen molar-refractivity contribution in [3.05, 3.63) is 33.9 Å². The molecule has 7 heteroatoms. The molecule has 0 bridgehead atoms. The molecular formula is C13H17N3O4. The molecule has 0 saturated carbocycles. The molecule has 108 valence electrons. The van der Waals surface area contributed by atoms with Crippen LogP contribution in [0.1, 0.15) is 23.2 Å². The van der Waals surface area contributed by atoms with Gasteiger partial charge in [0.2, 0.25) is 0 Å². The van der Waals surface area contributed by atoms with Crippen molar-refractivity contribution in [3.8, 4) is 5.75 Å². The average Bonchev–Trinajstić information content (AvgIpc) is 2.46. The van der Waals surface area contributed by atoms with Crippen molar-refractivity contribution >= 4 is 11.6 Å². The number of phenols is 1. The number of benzene rings is 1. The molecule has 1 aromatic rings. The van der Waals surface area contributed by atoms with Crippen LogP contribution in [0.5, 0.6) is 5.75 Å². The zero-order valence-electron chi connectivity index (χ0n) is 11.0. The molecule has 1 amide bonds. The van der Waals surface area contributed by atoms with Gasteiger partial charge in [-0.2, -0.15) is 0 Å². The average molecular weight is 279 g/mol. The molecule has 1 atom stereocenters. The van der Waals surface area contributed by atoms with Gasteiger partial charge in [0, 0.05) is 24.7 Å². The van der Waals surface area contributed by atoms with Gasteiger partial charge >= 0.3 is 5.69 Å². The van der Waals surface area contributed by atoms with Crippen LogP contribution in [0.25, 0.3) is 0 Å². The number of piperidine rings is 1. The van der Waals surface area contributed by atoms with E-state index in [2.05, 4.69) is 0 Å². The van der Waals surface area contributed by atoms with E-state index in [1.165, 1.54) is 6.07 Å². The monoisotopic (exact) mass is 279 g/mol. The van der Waals surface area contributed by atoms with Gasteiger partial charge in [0.25, 0.3) is 5.91 Å². The molecule has 0 radical (unpaired) electrons. The molecule has 1 fully saturated rings. The molecular weight excluding hydrogens is 262 g/mol. The number of carbonyl (C=O) groups excluding carboxylic acids is 1. The largest absolute Gasteiger partial charge is 0.502 e. The minimum atomic E-state index is -0.686. The van der Waals surface area contributed by atoms with Crippen LogP contribution in [-0.2, 0) is 0 Å². The highest BCUT2D eigenvalue weighted by Crippen LogP contribution is 2.27. The Morgan fingerprint density at radius 1 is 1.55 bits per heavy atom.